The predicted octanol–water partition coefficient (Wildman–Crippen LogP) is 5.90. The van der Waals surface area contributed by atoms with E-state index < -0.39 is 12.1 Å². The molecule has 4 rings (SSSR count). The standard InChI is InChI=1S/C29H35NO3/c1-21-16-17-24(29(2,3)23-13-8-5-9-14-23)26(19-21)33-28(32)27(31)25-15-10-18-30(25)20-22-11-6-4-7-12-22/h4-15,18,21,24,26-27,31H,16-17,19-20H2,1-3H3/t21-,24-,26-,27?/m1/s1. The van der Waals surface area contributed by atoms with Crippen molar-refractivity contribution in [2.45, 2.75) is 64.2 Å². The van der Waals surface area contributed by atoms with E-state index in [1.807, 2.05) is 53.2 Å². The van der Waals surface area contributed by atoms with Crippen LogP contribution in [0.15, 0.2) is 79.0 Å². The third-order valence-electron chi connectivity index (χ3n) is 7.33. The van der Waals surface area contributed by atoms with Crippen molar-refractivity contribution in [1.29, 1.82) is 0 Å². The van der Waals surface area contributed by atoms with E-state index in [4.69, 9.17) is 4.74 Å². The van der Waals surface area contributed by atoms with Crippen molar-refractivity contribution in [1.82, 2.24) is 4.57 Å². The maximum Gasteiger partial charge on any atom is 0.341 e. The molecule has 1 aliphatic carbocycles. The van der Waals surface area contributed by atoms with E-state index in [1.54, 1.807) is 6.07 Å². The molecule has 0 amide bonds. The van der Waals surface area contributed by atoms with Crippen molar-refractivity contribution < 1.29 is 14.6 Å². The Morgan fingerprint density at radius 2 is 1.70 bits per heavy atom. The molecule has 0 spiro atoms. The minimum absolute atomic E-state index is 0.134. The largest absolute Gasteiger partial charge is 0.460 e. The molecule has 0 radical (unpaired) electrons. The zero-order valence-electron chi connectivity index (χ0n) is 19.9. The van der Waals surface area contributed by atoms with Crippen LogP contribution >= 0.6 is 0 Å². The van der Waals surface area contributed by atoms with Crippen LogP contribution < -0.4 is 0 Å². The second-order valence-corrected chi connectivity index (χ2v) is 10.0. The summed E-state index contributed by atoms with van der Waals surface area (Å²) in [5.74, 6) is 0.129. The second kappa shape index (κ2) is 9.96. The predicted molar refractivity (Wildman–Crippen MR) is 131 cm³/mol. The third-order valence-corrected chi connectivity index (χ3v) is 7.33. The van der Waals surface area contributed by atoms with Crippen LogP contribution in [0.1, 0.15) is 63.0 Å². The van der Waals surface area contributed by atoms with Gasteiger partial charge in [-0.15, -0.1) is 0 Å². The molecular formula is C29H35NO3. The number of aliphatic hydroxyl groups excluding tert-OH is 1. The summed E-state index contributed by atoms with van der Waals surface area (Å²) < 4.78 is 7.98. The van der Waals surface area contributed by atoms with Crippen molar-refractivity contribution in [3.8, 4) is 0 Å². The van der Waals surface area contributed by atoms with Crippen LogP contribution in [0, 0.1) is 11.8 Å². The lowest BCUT2D eigenvalue weighted by atomic mass is 9.64. The molecule has 1 unspecified atom stereocenters. The van der Waals surface area contributed by atoms with Gasteiger partial charge in [-0.1, -0.05) is 87.9 Å². The van der Waals surface area contributed by atoms with E-state index in [0.29, 0.717) is 18.2 Å². The molecular weight excluding hydrogens is 410 g/mol. The Balaban J connectivity index is 1.51. The number of hydrogen-bond donors (Lipinski definition) is 1. The van der Waals surface area contributed by atoms with Crippen molar-refractivity contribution in [2.24, 2.45) is 11.8 Å². The monoisotopic (exact) mass is 445 g/mol. The third kappa shape index (κ3) is 5.22. The number of ether oxygens (including phenoxy) is 1. The van der Waals surface area contributed by atoms with Gasteiger partial charge in [-0.2, -0.15) is 0 Å². The molecule has 33 heavy (non-hydrogen) atoms. The van der Waals surface area contributed by atoms with Crippen LogP contribution in [0.3, 0.4) is 0 Å². The lowest BCUT2D eigenvalue weighted by molar-refractivity contribution is -0.167. The minimum atomic E-state index is -1.30. The first-order valence-electron chi connectivity index (χ1n) is 12.0. The van der Waals surface area contributed by atoms with Crippen LogP contribution in [-0.4, -0.2) is 21.7 Å². The van der Waals surface area contributed by atoms with Gasteiger partial charge in [0, 0.05) is 18.7 Å². The summed E-state index contributed by atoms with van der Waals surface area (Å²) in [4.78, 5) is 13.1. The van der Waals surface area contributed by atoms with E-state index >= 15 is 0 Å². The van der Waals surface area contributed by atoms with Gasteiger partial charge in [0.05, 0.1) is 5.69 Å². The summed E-state index contributed by atoms with van der Waals surface area (Å²) in [5, 5.41) is 10.9. The molecule has 4 nitrogen and oxygen atoms in total. The first-order chi connectivity index (χ1) is 15.9. The fourth-order valence-corrected chi connectivity index (χ4v) is 5.30. The van der Waals surface area contributed by atoms with Gasteiger partial charge in [0.25, 0.3) is 0 Å². The van der Waals surface area contributed by atoms with Crippen molar-refractivity contribution in [2.75, 3.05) is 0 Å². The van der Waals surface area contributed by atoms with Gasteiger partial charge in [0.2, 0.25) is 0 Å². The number of carbonyl (C=O) groups excluding carboxylic acids is 1. The quantitative estimate of drug-likeness (QED) is 0.461. The Morgan fingerprint density at radius 1 is 1.03 bits per heavy atom. The first kappa shape index (κ1) is 23.3. The molecule has 4 atom stereocenters. The zero-order chi connectivity index (χ0) is 23.4. The highest BCUT2D eigenvalue weighted by atomic mass is 16.6. The molecule has 0 aliphatic heterocycles. The topological polar surface area (TPSA) is 51.5 Å². The van der Waals surface area contributed by atoms with E-state index in [9.17, 15) is 9.90 Å². The number of nitrogens with zero attached hydrogens (tertiary/aromatic N) is 1. The van der Waals surface area contributed by atoms with Crippen LogP contribution in [0.4, 0.5) is 0 Å². The SMILES string of the molecule is C[C@@H]1CC[C@@H](C(C)(C)c2ccccc2)[C@H](OC(=O)C(O)c2cccn2Cc2ccccc2)C1. The van der Waals surface area contributed by atoms with Crippen LogP contribution in [-0.2, 0) is 21.5 Å². The van der Waals surface area contributed by atoms with E-state index in [0.717, 1.165) is 24.8 Å². The number of aromatic nitrogens is 1. The first-order valence-corrected chi connectivity index (χ1v) is 12.0. The molecule has 1 heterocycles. The summed E-state index contributed by atoms with van der Waals surface area (Å²) in [6.07, 6.45) is 3.32. The van der Waals surface area contributed by atoms with Crippen molar-refractivity contribution in [3.05, 3.63) is 95.8 Å². The average molecular weight is 446 g/mol. The Kier molecular flexibility index (Phi) is 7.04. The van der Waals surface area contributed by atoms with Gasteiger partial charge >= 0.3 is 5.97 Å². The molecule has 1 aromatic heterocycles. The van der Waals surface area contributed by atoms with E-state index in [-0.39, 0.29) is 17.4 Å². The molecule has 3 aromatic rings. The lowest BCUT2D eigenvalue weighted by Crippen LogP contribution is -2.44. The van der Waals surface area contributed by atoms with Crippen LogP contribution in [0.25, 0.3) is 0 Å². The molecule has 1 aliphatic rings. The van der Waals surface area contributed by atoms with Gasteiger partial charge in [0.1, 0.15) is 6.10 Å². The zero-order valence-corrected chi connectivity index (χ0v) is 19.9. The Hall–Kier alpha value is -2.85. The summed E-state index contributed by atoms with van der Waals surface area (Å²) in [7, 11) is 0. The molecule has 1 N–H and O–H groups in total. The van der Waals surface area contributed by atoms with Gasteiger partial charge < -0.3 is 14.4 Å². The Morgan fingerprint density at radius 3 is 2.39 bits per heavy atom. The van der Waals surface area contributed by atoms with Gasteiger partial charge in [-0.25, -0.2) is 4.79 Å². The molecule has 1 fully saturated rings. The molecule has 174 valence electrons. The highest BCUT2D eigenvalue weighted by Crippen LogP contribution is 2.44. The maximum absolute atomic E-state index is 13.1. The summed E-state index contributed by atoms with van der Waals surface area (Å²) in [5.41, 5.74) is 2.79. The van der Waals surface area contributed by atoms with Gasteiger partial charge in [0.15, 0.2) is 6.10 Å². The molecule has 1 saturated carbocycles. The maximum atomic E-state index is 13.1. The Bertz CT molecular complexity index is 1040. The highest BCUT2D eigenvalue weighted by molar-refractivity contribution is 5.76. The van der Waals surface area contributed by atoms with Crippen molar-refractivity contribution >= 4 is 5.97 Å². The summed E-state index contributed by atoms with van der Waals surface area (Å²) in [6.45, 7) is 7.29. The summed E-state index contributed by atoms with van der Waals surface area (Å²) in [6, 6.07) is 24.1. The number of esters is 1. The molecule has 2 aromatic carbocycles. The van der Waals surface area contributed by atoms with Gasteiger partial charge in [-0.05, 0) is 47.4 Å². The lowest BCUT2D eigenvalue weighted by Gasteiger charge is -2.44. The van der Waals surface area contributed by atoms with Crippen LogP contribution in [0.5, 0.6) is 0 Å². The average Bonchev–Trinajstić information content (AvgIpc) is 3.27. The molecule has 0 saturated heterocycles. The normalized spacial score (nSPS) is 22.0. The van der Waals surface area contributed by atoms with E-state index in [2.05, 4.69) is 45.0 Å². The van der Waals surface area contributed by atoms with E-state index in [1.165, 1.54) is 5.56 Å². The number of benzene rings is 2. The smallest absolute Gasteiger partial charge is 0.341 e. The summed E-state index contributed by atoms with van der Waals surface area (Å²) >= 11 is 0. The Labute approximate surface area is 197 Å². The number of rotatable bonds is 7. The van der Waals surface area contributed by atoms with Crippen molar-refractivity contribution in [3.63, 3.8) is 0 Å². The highest BCUT2D eigenvalue weighted by Gasteiger charge is 2.42. The molecule has 0 bridgehead atoms. The fourth-order valence-electron chi connectivity index (χ4n) is 5.30. The number of carbonyl (C=O) groups is 1. The van der Waals surface area contributed by atoms with Gasteiger partial charge in [-0.3, -0.25) is 0 Å². The fraction of sp³-hybridized carbons (Fsp3) is 0.414. The number of hydrogen-bond acceptors (Lipinski definition) is 3. The molecule has 4 heteroatoms. The van der Waals surface area contributed by atoms with Crippen LogP contribution in [0.2, 0.25) is 0 Å². The minimum Gasteiger partial charge on any atom is -0.460 e. The second-order valence-electron chi connectivity index (χ2n) is 10.0. The number of aliphatic hydroxyl groups is 1.